The molecule has 0 heterocycles. The molecule has 28 heavy (non-hydrogen) atoms. The Labute approximate surface area is 170 Å². The number of Topliss-reactive ketones (excluding diaryl/α,β-unsaturated/α-hetero) is 1. The Morgan fingerprint density at radius 2 is 1.18 bits per heavy atom. The van der Waals surface area contributed by atoms with Gasteiger partial charge in [-0.15, -0.1) is 0 Å². The first-order valence-corrected chi connectivity index (χ1v) is 11.0. The van der Waals surface area contributed by atoms with Crippen molar-refractivity contribution in [2.45, 2.75) is 122 Å². The highest BCUT2D eigenvalue weighted by atomic mass is 16.6. The molecule has 0 aliphatic rings. The van der Waals surface area contributed by atoms with E-state index in [1.165, 1.54) is 64.7 Å². The number of unbranched alkanes of at least 4 members (excludes halogenated alkanes) is 12. The van der Waals surface area contributed by atoms with E-state index < -0.39 is 36.4 Å². The Hall–Kier alpha value is -1.27. The predicted molar refractivity (Wildman–Crippen MR) is 109 cm³/mol. The van der Waals surface area contributed by atoms with Crippen LogP contribution in [0.25, 0.3) is 0 Å². The van der Waals surface area contributed by atoms with Gasteiger partial charge in [0, 0.05) is 12.8 Å². The zero-order valence-electron chi connectivity index (χ0n) is 17.8. The van der Waals surface area contributed by atoms with Gasteiger partial charge in [-0.1, -0.05) is 84.0 Å². The van der Waals surface area contributed by atoms with E-state index in [1.807, 2.05) is 0 Å². The van der Waals surface area contributed by atoms with Gasteiger partial charge in [0.2, 0.25) is 0 Å². The molecular weight excluding hydrogens is 360 g/mol. The SMILES string of the molecule is CCCCCCCCCCCCCCCC(=O)OC(=O)C(O)CC(=O)C(C)O. The van der Waals surface area contributed by atoms with Gasteiger partial charge < -0.3 is 14.9 Å². The van der Waals surface area contributed by atoms with E-state index >= 15 is 0 Å². The van der Waals surface area contributed by atoms with Gasteiger partial charge >= 0.3 is 11.9 Å². The van der Waals surface area contributed by atoms with E-state index in [0.29, 0.717) is 6.42 Å². The molecular formula is C22H40O6. The molecule has 0 radical (unpaired) electrons. The Balaban J connectivity index is 3.52. The van der Waals surface area contributed by atoms with Crippen molar-refractivity contribution in [3.05, 3.63) is 0 Å². The lowest BCUT2D eigenvalue weighted by atomic mass is 10.0. The number of hydrogen-bond donors (Lipinski definition) is 2. The number of carbonyl (C=O) groups excluding carboxylic acids is 3. The number of ether oxygens (including phenoxy) is 1. The summed E-state index contributed by atoms with van der Waals surface area (Å²) in [4.78, 5) is 34.4. The zero-order valence-corrected chi connectivity index (χ0v) is 17.8. The Morgan fingerprint density at radius 1 is 0.750 bits per heavy atom. The molecule has 6 heteroatoms. The standard InChI is InChI=1S/C22H40O6/c1-3-4-5-6-7-8-9-10-11-12-13-14-15-16-21(26)28-22(27)20(25)17-19(24)18(2)23/h18,20,23,25H,3-17H2,1-2H3. The van der Waals surface area contributed by atoms with E-state index in [2.05, 4.69) is 11.7 Å². The minimum absolute atomic E-state index is 0.126. The van der Waals surface area contributed by atoms with Gasteiger partial charge in [-0.25, -0.2) is 4.79 Å². The molecule has 0 spiro atoms. The molecule has 0 fully saturated rings. The van der Waals surface area contributed by atoms with Crippen molar-refractivity contribution in [1.82, 2.24) is 0 Å². The minimum atomic E-state index is -1.71. The van der Waals surface area contributed by atoms with Crippen LogP contribution in [0.1, 0.15) is 110 Å². The summed E-state index contributed by atoms with van der Waals surface area (Å²) in [5, 5.41) is 18.6. The quantitative estimate of drug-likeness (QED) is 0.203. The topological polar surface area (TPSA) is 101 Å². The normalized spacial score (nSPS) is 13.1. The second-order valence-corrected chi connectivity index (χ2v) is 7.65. The molecule has 0 amide bonds. The molecule has 0 aromatic carbocycles. The van der Waals surface area contributed by atoms with Crippen LogP contribution in [-0.2, 0) is 19.1 Å². The Kier molecular flexibility index (Phi) is 17.0. The average Bonchev–Trinajstić information content (AvgIpc) is 2.65. The van der Waals surface area contributed by atoms with E-state index in [1.54, 1.807) is 0 Å². The fourth-order valence-corrected chi connectivity index (χ4v) is 2.96. The van der Waals surface area contributed by atoms with E-state index in [4.69, 9.17) is 5.11 Å². The molecule has 0 saturated carbocycles. The summed E-state index contributed by atoms with van der Waals surface area (Å²) in [6.07, 6.45) is 12.2. The summed E-state index contributed by atoms with van der Waals surface area (Å²) in [5.41, 5.74) is 0. The lowest BCUT2D eigenvalue weighted by Crippen LogP contribution is -2.31. The Morgan fingerprint density at radius 3 is 1.61 bits per heavy atom. The van der Waals surface area contributed by atoms with Crippen LogP contribution in [0, 0.1) is 0 Å². The van der Waals surface area contributed by atoms with Gasteiger partial charge in [0.25, 0.3) is 0 Å². The third-order valence-corrected chi connectivity index (χ3v) is 4.83. The van der Waals surface area contributed by atoms with Crippen molar-refractivity contribution in [3.63, 3.8) is 0 Å². The molecule has 0 rings (SSSR count). The molecule has 0 aliphatic carbocycles. The van der Waals surface area contributed by atoms with Gasteiger partial charge in [0.1, 0.15) is 6.10 Å². The van der Waals surface area contributed by atoms with Gasteiger partial charge in [-0.05, 0) is 13.3 Å². The van der Waals surface area contributed by atoms with Gasteiger partial charge in [0.15, 0.2) is 11.9 Å². The first-order chi connectivity index (χ1) is 13.4. The van der Waals surface area contributed by atoms with Crippen LogP contribution in [0.5, 0.6) is 0 Å². The smallest absolute Gasteiger partial charge is 0.343 e. The monoisotopic (exact) mass is 400 g/mol. The largest absolute Gasteiger partial charge is 0.391 e. The second-order valence-electron chi connectivity index (χ2n) is 7.65. The van der Waals surface area contributed by atoms with Crippen LogP contribution < -0.4 is 0 Å². The summed E-state index contributed by atoms with van der Waals surface area (Å²) in [5.74, 6) is -2.49. The van der Waals surface area contributed by atoms with Gasteiger partial charge in [-0.2, -0.15) is 0 Å². The average molecular weight is 401 g/mol. The number of carbonyl (C=O) groups is 3. The fourth-order valence-electron chi connectivity index (χ4n) is 2.96. The van der Waals surface area contributed by atoms with Gasteiger partial charge in [-0.3, -0.25) is 9.59 Å². The Bertz CT molecular complexity index is 433. The molecule has 2 atom stereocenters. The van der Waals surface area contributed by atoms with Crippen molar-refractivity contribution in [1.29, 1.82) is 0 Å². The lowest BCUT2D eigenvalue weighted by Gasteiger charge is -2.10. The molecule has 6 nitrogen and oxygen atoms in total. The maximum atomic E-state index is 11.6. The van der Waals surface area contributed by atoms with Crippen LogP contribution in [0.2, 0.25) is 0 Å². The maximum Gasteiger partial charge on any atom is 0.343 e. The van der Waals surface area contributed by atoms with Crippen molar-refractivity contribution < 1.29 is 29.3 Å². The van der Waals surface area contributed by atoms with E-state index in [0.717, 1.165) is 19.3 Å². The van der Waals surface area contributed by atoms with E-state index in [9.17, 15) is 19.5 Å². The fraction of sp³-hybridized carbons (Fsp3) is 0.864. The summed E-state index contributed by atoms with van der Waals surface area (Å²) >= 11 is 0. The summed E-state index contributed by atoms with van der Waals surface area (Å²) < 4.78 is 4.54. The number of hydrogen-bond acceptors (Lipinski definition) is 6. The second kappa shape index (κ2) is 17.8. The molecule has 0 saturated heterocycles. The molecule has 0 aromatic heterocycles. The van der Waals surface area contributed by atoms with Crippen LogP contribution in [-0.4, -0.2) is 40.1 Å². The molecule has 0 aromatic rings. The highest BCUT2D eigenvalue weighted by Crippen LogP contribution is 2.13. The first kappa shape index (κ1) is 26.7. The van der Waals surface area contributed by atoms with Crippen LogP contribution in [0.15, 0.2) is 0 Å². The lowest BCUT2D eigenvalue weighted by molar-refractivity contribution is -0.167. The van der Waals surface area contributed by atoms with Crippen LogP contribution in [0.3, 0.4) is 0 Å². The third-order valence-electron chi connectivity index (χ3n) is 4.83. The number of esters is 2. The molecule has 0 bridgehead atoms. The number of rotatable bonds is 18. The third kappa shape index (κ3) is 15.8. The summed E-state index contributed by atoms with van der Waals surface area (Å²) in [6, 6.07) is 0. The highest BCUT2D eigenvalue weighted by molar-refractivity contribution is 5.92. The van der Waals surface area contributed by atoms with E-state index in [-0.39, 0.29) is 6.42 Å². The zero-order chi connectivity index (χ0) is 21.2. The van der Waals surface area contributed by atoms with Gasteiger partial charge in [0.05, 0.1) is 0 Å². The maximum absolute atomic E-state index is 11.6. The van der Waals surface area contributed by atoms with Crippen LogP contribution >= 0.6 is 0 Å². The molecule has 164 valence electrons. The summed E-state index contributed by atoms with van der Waals surface area (Å²) in [7, 11) is 0. The molecule has 0 aliphatic heterocycles. The van der Waals surface area contributed by atoms with Crippen molar-refractivity contribution >= 4 is 17.7 Å². The van der Waals surface area contributed by atoms with Crippen molar-refractivity contribution in [2.75, 3.05) is 0 Å². The summed E-state index contributed by atoms with van der Waals surface area (Å²) in [6.45, 7) is 3.48. The minimum Gasteiger partial charge on any atom is -0.391 e. The number of ketones is 1. The first-order valence-electron chi connectivity index (χ1n) is 11.0. The van der Waals surface area contributed by atoms with Crippen LogP contribution in [0.4, 0.5) is 0 Å². The molecule has 2 N–H and O–H groups in total. The highest BCUT2D eigenvalue weighted by Gasteiger charge is 2.24. The number of aliphatic hydroxyl groups is 2. The molecule has 2 unspecified atom stereocenters. The predicted octanol–water partition coefficient (Wildman–Crippen LogP) is 4.24. The van der Waals surface area contributed by atoms with Crippen molar-refractivity contribution in [2.24, 2.45) is 0 Å². The van der Waals surface area contributed by atoms with Crippen molar-refractivity contribution in [3.8, 4) is 0 Å². The number of aliphatic hydroxyl groups excluding tert-OH is 2.